The largest absolute Gasteiger partial charge is 0.377 e. The van der Waals surface area contributed by atoms with Crippen LogP contribution in [0.2, 0.25) is 0 Å². The van der Waals surface area contributed by atoms with Crippen molar-refractivity contribution in [3.63, 3.8) is 0 Å². The molecular weight excluding hydrogens is 290 g/mol. The van der Waals surface area contributed by atoms with Crippen LogP contribution in [-0.2, 0) is 11.2 Å². The third kappa shape index (κ3) is 4.08. The average molecular weight is 314 g/mol. The molecule has 3 heteroatoms. The van der Waals surface area contributed by atoms with Crippen LogP contribution in [0.15, 0.2) is 28.7 Å². The maximum atomic E-state index is 5.73. The molecule has 1 N–H and O–H groups in total. The summed E-state index contributed by atoms with van der Waals surface area (Å²) in [5.74, 6) is 0. The zero-order chi connectivity index (χ0) is 13.6. The first kappa shape index (κ1) is 15.7. The molecule has 0 bridgehead atoms. The van der Waals surface area contributed by atoms with Crippen LogP contribution in [-0.4, -0.2) is 25.3 Å². The van der Waals surface area contributed by atoms with Crippen molar-refractivity contribution >= 4 is 15.9 Å². The maximum Gasteiger partial charge on any atom is 0.0803 e. The van der Waals surface area contributed by atoms with Gasteiger partial charge in [0.25, 0.3) is 0 Å². The van der Waals surface area contributed by atoms with Crippen LogP contribution in [0.1, 0.15) is 32.8 Å². The standard InChI is InChI=1S/C15H24BrNO/c1-5-15(3,18-4)14(17-6-2)11-12-7-9-13(16)10-8-12/h7-10,14,17H,5-6,11H2,1-4H3. The summed E-state index contributed by atoms with van der Waals surface area (Å²) in [6.07, 6.45) is 1.98. The van der Waals surface area contributed by atoms with E-state index >= 15 is 0 Å². The van der Waals surface area contributed by atoms with Crippen molar-refractivity contribution in [3.05, 3.63) is 34.3 Å². The first-order chi connectivity index (χ1) is 8.55. The number of likely N-dealkylation sites (N-methyl/N-ethyl adjacent to an activating group) is 1. The van der Waals surface area contributed by atoms with E-state index in [0.29, 0.717) is 6.04 Å². The summed E-state index contributed by atoms with van der Waals surface area (Å²) in [5.41, 5.74) is 1.21. The molecule has 0 aliphatic carbocycles. The summed E-state index contributed by atoms with van der Waals surface area (Å²) in [6, 6.07) is 8.85. The van der Waals surface area contributed by atoms with Crippen LogP contribution in [0.5, 0.6) is 0 Å². The Morgan fingerprint density at radius 1 is 1.28 bits per heavy atom. The Bertz CT molecular complexity index is 346. The van der Waals surface area contributed by atoms with Gasteiger partial charge in [-0.3, -0.25) is 0 Å². The van der Waals surface area contributed by atoms with Gasteiger partial charge in [-0.15, -0.1) is 0 Å². The van der Waals surface area contributed by atoms with Crippen LogP contribution in [0, 0.1) is 0 Å². The number of benzene rings is 1. The van der Waals surface area contributed by atoms with Crippen LogP contribution in [0.25, 0.3) is 0 Å². The second-order valence-electron chi connectivity index (χ2n) is 4.81. The highest BCUT2D eigenvalue weighted by molar-refractivity contribution is 9.10. The molecule has 1 aromatic rings. The van der Waals surface area contributed by atoms with Crippen LogP contribution >= 0.6 is 15.9 Å². The molecule has 1 aromatic carbocycles. The molecule has 2 unspecified atom stereocenters. The van der Waals surface area contributed by atoms with Gasteiger partial charge in [-0.2, -0.15) is 0 Å². The van der Waals surface area contributed by atoms with Crippen molar-refractivity contribution in [3.8, 4) is 0 Å². The summed E-state index contributed by atoms with van der Waals surface area (Å²) in [6.45, 7) is 7.45. The molecule has 102 valence electrons. The molecule has 0 amide bonds. The number of hydrogen-bond donors (Lipinski definition) is 1. The second-order valence-corrected chi connectivity index (χ2v) is 5.73. The van der Waals surface area contributed by atoms with Crippen molar-refractivity contribution in [2.75, 3.05) is 13.7 Å². The topological polar surface area (TPSA) is 21.3 Å². The van der Waals surface area contributed by atoms with Crippen LogP contribution < -0.4 is 5.32 Å². The SMILES string of the molecule is CCNC(Cc1ccc(Br)cc1)C(C)(CC)OC. The Balaban J connectivity index is 2.82. The van der Waals surface area contributed by atoms with Gasteiger partial charge in [-0.05, 0) is 44.0 Å². The van der Waals surface area contributed by atoms with Gasteiger partial charge < -0.3 is 10.1 Å². The molecule has 0 spiro atoms. The highest BCUT2D eigenvalue weighted by atomic mass is 79.9. The normalized spacial score (nSPS) is 16.3. The van der Waals surface area contributed by atoms with E-state index in [1.165, 1.54) is 5.56 Å². The number of rotatable bonds is 7. The lowest BCUT2D eigenvalue weighted by molar-refractivity contribution is -0.0283. The molecule has 2 nitrogen and oxygen atoms in total. The fourth-order valence-corrected chi connectivity index (χ4v) is 2.40. The van der Waals surface area contributed by atoms with Gasteiger partial charge in [0, 0.05) is 17.6 Å². The molecule has 0 heterocycles. The highest BCUT2D eigenvalue weighted by Gasteiger charge is 2.31. The van der Waals surface area contributed by atoms with Crippen molar-refractivity contribution in [2.45, 2.75) is 45.3 Å². The van der Waals surface area contributed by atoms with E-state index in [2.05, 4.69) is 66.3 Å². The van der Waals surface area contributed by atoms with Gasteiger partial charge in [0.1, 0.15) is 0 Å². The van der Waals surface area contributed by atoms with Gasteiger partial charge in [0.2, 0.25) is 0 Å². The quantitative estimate of drug-likeness (QED) is 0.827. The minimum Gasteiger partial charge on any atom is -0.377 e. The average Bonchev–Trinajstić information content (AvgIpc) is 2.40. The lowest BCUT2D eigenvalue weighted by Crippen LogP contribution is -2.51. The van der Waals surface area contributed by atoms with Gasteiger partial charge in [-0.25, -0.2) is 0 Å². The summed E-state index contributed by atoms with van der Waals surface area (Å²) in [5, 5.41) is 3.55. The summed E-state index contributed by atoms with van der Waals surface area (Å²) in [7, 11) is 1.80. The molecule has 0 saturated carbocycles. The molecule has 0 radical (unpaired) electrons. The third-order valence-corrected chi connectivity index (χ3v) is 4.24. The van der Waals surface area contributed by atoms with Crippen molar-refractivity contribution < 1.29 is 4.74 Å². The van der Waals surface area contributed by atoms with Gasteiger partial charge >= 0.3 is 0 Å². The Morgan fingerprint density at radius 3 is 2.33 bits per heavy atom. The van der Waals surface area contributed by atoms with E-state index in [4.69, 9.17) is 4.74 Å². The van der Waals surface area contributed by atoms with E-state index in [1.54, 1.807) is 7.11 Å². The third-order valence-electron chi connectivity index (χ3n) is 3.71. The fourth-order valence-electron chi connectivity index (χ4n) is 2.14. The second kappa shape index (κ2) is 7.27. The summed E-state index contributed by atoms with van der Waals surface area (Å²) < 4.78 is 6.85. The number of methoxy groups -OCH3 is 1. The van der Waals surface area contributed by atoms with E-state index in [1.807, 2.05) is 0 Å². The van der Waals surface area contributed by atoms with Crippen molar-refractivity contribution in [1.29, 1.82) is 0 Å². The predicted molar refractivity (Wildman–Crippen MR) is 81.0 cm³/mol. The Kier molecular flexibility index (Phi) is 6.33. The van der Waals surface area contributed by atoms with E-state index < -0.39 is 0 Å². The molecule has 0 aliphatic rings. The number of hydrogen-bond acceptors (Lipinski definition) is 2. The van der Waals surface area contributed by atoms with E-state index in [-0.39, 0.29) is 5.60 Å². The van der Waals surface area contributed by atoms with Gasteiger partial charge in [0.05, 0.1) is 5.60 Å². The van der Waals surface area contributed by atoms with Gasteiger partial charge in [0.15, 0.2) is 0 Å². The number of ether oxygens (including phenoxy) is 1. The van der Waals surface area contributed by atoms with Crippen molar-refractivity contribution in [2.24, 2.45) is 0 Å². The lowest BCUT2D eigenvalue weighted by atomic mass is 9.88. The smallest absolute Gasteiger partial charge is 0.0803 e. The van der Waals surface area contributed by atoms with Crippen LogP contribution in [0.4, 0.5) is 0 Å². The Hall–Kier alpha value is -0.380. The molecule has 0 aliphatic heterocycles. The van der Waals surface area contributed by atoms with Crippen molar-refractivity contribution in [1.82, 2.24) is 5.32 Å². The summed E-state index contributed by atoms with van der Waals surface area (Å²) in [4.78, 5) is 0. The molecule has 18 heavy (non-hydrogen) atoms. The molecule has 2 atom stereocenters. The number of nitrogens with one attached hydrogen (secondary N) is 1. The minimum atomic E-state index is -0.122. The molecule has 1 rings (SSSR count). The van der Waals surface area contributed by atoms with E-state index in [0.717, 1.165) is 23.9 Å². The monoisotopic (exact) mass is 313 g/mol. The minimum absolute atomic E-state index is 0.122. The Labute approximate surface area is 119 Å². The maximum absolute atomic E-state index is 5.73. The van der Waals surface area contributed by atoms with Gasteiger partial charge in [-0.1, -0.05) is 41.9 Å². The molecule has 0 fully saturated rings. The predicted octanol–water partition coefficient (Wildman–Crippen LogP) is 3.78. The molecule has 0 saturated heterocycles. The lowest BCUT2D eigenvalue weighted by Gasteiger charge is -2.36. The molecular formula is C15H24BrNO. The highest BCUT2D eigenvalue weighted by Crippen LogP contribution is 2.23. The molecule has 0 aromatic heterocycles. The zero-order valence-electron chi connectivity index (χ0n) is 11.8. The van der Waals surface area contributed by atoms with E-state index in [9.17, 15) is 0 Å². The Morgan fingerprint density at radius 2 is 1.89 bits per heavy atom. The summed E-state index contributed by atoms with van der Waals surface area (Å²) >= 11 is 3.47. The first-order valence-electron chi connectivity index (χ1n) is 6.58. The van der Waals surface area contributed by atoms with Crippen LogP contribution in [0.3, 0.4) is 0 Å². The zero-order valence-corrected chi connectivity index (χ0v) is 13.4. The first-order valence-corrected chi connectivity index (χ1v) is 7.38. The number of halogens is 1. The fraction of sp³-hybridized carbons (Fsp3) is 0.600.